The Hall–Kier alpha value is -1.20. The minimum absolute atomic E-state index is 0.582. The van der Waals surface area contributed by atoms with Gasteiger partial charge in [0.1, 0.15) is 5.52 Å². The van der Waals surface area contributed by atoms with E-state index in [2.05, 4.69) is 31.3 Å². The average molecular weight is 239 g/mol. The number of rotatable bonds is 1. The van der Waals surface area contributed by atoms with E-state index < -0.39 is 0 Å². The van der Waals surface area contributed by atoms with Gasteiger partial charge in [-0.2, -0.15) is 0 Å². The first-order valence-corrected chi connectivity index (χ1v) is 4.48. The summed E-state index contributed by atoms with van der Waals surface area (Å²) >= 11 is 3.39. The highest BCUT2D eigenvalue weighted by atomic mass is 79.9. The molecule has 0 radical (unpaired) electrons. The Morgan fingerprint density at radius 2 is 2.23 bits per heavy atom. The van der Waals surface area contributed by atoms with Crippen LogP contribution < -0.4 is 11.3 Å². The van der Waals surface area contributed by atoms with Crippen LogP contribution in [0.5, 0.6) is 0 Å². The Balaban J connectivity index is 2.84. The molecule has 0 unspecified atom stereocenters. The number of aromatic nitrogens is 2. The molecule has 3 N–H and O–H groups in total. The first kappa shape index (κ1) is 8.40. The van der Waals surface area contributed by atoms with Crippen LogP contribution in [0, 0.1) is 0 Å². The van der Waals surface area contributed by atoms with Crippen molar-refractivity contribution >= 4 is 32.7 Å². The van der Waals surface area contributed by atoms with Crippen molar-refractivity contribution in [3.8, 4) is 0 Å². The van der Waals surface area contributed by atoms with E-state index in [0.29, 0.717) is 5.82 Å². The molecule has 66 valence electrons. The van der Waals surface area contributed by atoms with Crippen molar-refractivity contribution in [1.82, 2.24) is 9.97 Å². The van der Waals surface area contributed by atoms with Crippen LogP contribution in [-0.4, -0.2) is 9.97 Å². The van der Waals surface area contributed by atoms with Gasteiger partial charge in [-0.1, -0.05) is 0 Å². The molecule has 0 saturated heterocycles. The van der Waals surface area contributed by atoms with Crippen LogP contribution in [0.2, 0.25) is 0 Å². The van der Waals surface area contributed by atoms with Crippen LogP contribution in [0.4, 0.5) is 5.82 Å². The number of nitrogens with one attached hydrogen (secondary N) is 1. The summed E-state index contributed by atoms with van der Waals surface area (Å²) < 4.78 is 0.912. The molecule has 2 aromatic heterocycles. The highest BCUT2D eigenvalue weighted by Gasteiger charge is 2.04. The van der Waals surface area contributed by atoms with Gasteiger partial charge in [0, 0.05) is 22.3 Å². The molecule has 2 rings (SSSR count). The molecule has 13 heavy (non-hydrogen) atoms. The van der Waals surface area contributed by atoms with E-state index >= 15 is 0 Å². The van der Waals surface area contributed by atoms with Gasteiger partial charge in [-0.3, -0.25) is 4.98 Å². The van der Waals surface area contributed by atoms with Crippen molar-refractivity contribution in [1.29, 1.82) is 0 Å². The van der Waals surface area contributed by atoms with Gasteiger partial charge in [0.05, 0.1) is 0 Å². The van der Waals surface area contributed by atoms with E-state index in [4.69, 9.17) is 5.84 Å². The fraction of sp³-hybridized carbons (Fsp3) is 0. The molecule has 0 aliphatic carbocycles. The van der Waals surface area contributed by atoms with E-state index in [9.17, 15) is 0 Å². The Kier molecular flexibility index (Phi) is 2.12. The maximum atomic E-state index is 5.30. The van der Waals surface area contributed by atoms with Crippen LogP contribution in [0.15, 0.2) is 29.0 Å². The van der Waals surface area contributed by atoms with Crippen molar-refractivity contribution in [3.05, 3.63) is 29.0 Å². The molecule has 0 amide bonds. The number of pyridine rings is 2. The van der Waals surface area contributed by atoms with Crippen molar-refractivity contribution in [2.24, 2.45) is 5.84 Å². The second kappa shape index (κ2) is 3.27. The number of hydrogen-bond donors (Lipinski definition) is 2. The fourth-order valence-corrected chi connectivity index (χ4v) is 1.57. The average Bonchev–Trinajstić information content (AvgIpc) is 2.19. The Bertz CT molecular complexity index is 443. The second-order valence-electron chi connectivity index (χ2n) is 2.50. The third-order valence-electron chi connectivity index (χ3n) is 1.73. The third kappa shape index (κ3) is 1.36. The van der Waals surface area contributed by atoms with E-state index in [-0.39, 0.29) is 0 Å². The van der Waals surface area contributed by atoms with Gasteiger partial charge in [0.2, 0.25) is 0 Å². The minimum Gasteiger partial charge on any atom is -0.307 e. The molecule has 4 nitrogen and oxygen atoms in total. The highest BCUT2D eigenvalue weighted by Crippen LogP contribution is 2.25. The lowest BCUT2D eigenvalue weighted by Crippen LogP contribution is -2.09. The van der Waals surface area contributed by atoms with Gasteiger partial charge in [-0.25, -0.2) is 10.8 Å². The predicted molar refractivity (Wildman–Crippen MR) is 55.0 cm³/mol. The molecule has 0 spiro atoms. The van der Waals surface area contributed by atoms with Gasteiger partial charge >= 0.3 is 0 Å². The molecular weight excluding hydrogens is 232 g/mol. The number of hydrazine groups is 1. The molecule has 0 aliphatic rings. The number of fused-ring (bicyclic) bond motifs is 1. The summed E-state index contributed by atoms with van der Waals surface area (Å²) in [6.07, 6.45) is 3.40. The summed E-state index contributed by atoms with van der Waals surface area (Å²) in [5.41, 5.74) is 3.27. The summed E-state index contributed by atoms with van der Waals surface area (Å²) in [7, 11) is 0. The zero-order valence-electron chi connectivity index (χ0n) is 6.66. The summed E-state index contributed by atoms with van der Waals surface area (Å²) in [5, 5.41) is 0.991. The third-order valence-corrected chi connectivity index (χ3v) is 2.36. The first-order chi connectivity index (χ1) is 6.33. The molecule has 0 fully saturated rings. The molecule has 2 heterocycles. The van der Waals surface area contributed by atoms with E-state index in [1.165, 1.54) is 0 Å². The molecule has 0 aromatic carbocycles. The van der Waals surface area contributed by atoms with Crippen LogP contribution in [0.3, 0.4) is 0 Å². The molecule has 0 atom stereocenters. The smallest absolute Gasteiger partial charge is 0.166 e. The van der Waals surface area contributed by atoms with Gasteiger partial charge in [0.15, 0.2) is 5.82 Å². The zero-order valence-corrected chi connectivity index (χ0v) is 8.25. The number of anilines is 1. The molecule has 2 aromatic rings. The van der Waals surface area contributed by atoms with Crippen LogP contribution >= 0.6 is 15.9 Å². The van der Waals surface area contributed by atoms with Gasteiger partial charge in [0.25, 0.3) is 0 Å². The number of hydrogen-bond acceptors (Lipinski definition) is 4. The Labute approximate surface area is 83.3 Å². The van der Waals surface area contributed by atoms with Crippen LogP contribution in [0.25, 0.3) is 10.9 Å². The number of nitrogen functional groups attached to an aromatic ring is 1. The molecule has 0 saturated carbocycles. The van der Waals surface area contributed by atoms with E-state index in [1.54, 1.807) is 12.4 Å². The van der Waals surface area contributed by atoms with E-state index in [1.807, 2.05) is 12.1 Å². The highest BCUT2D eigenvalue weighted by molar-refractivity contribution is 9.10. The van der Waals surface area contributed by atoms with Gasteiger partial charge in [-0.15, -0.1) is 0 Å². The standard InChI is InChI=1S/C8H7BrN4/c9-6-4-12-8(13-10)7-5(6)2-1-3-11-7/h1-4H,10H2,(H,12,13). The molecule has 0 bridgehead atoms. The predicted octanol–water partition coefficient (Wildman–Crippen LogP) is 1.68. The molecule has 5 heteroatoms. The largest absolute Gasteiger partial charge is 0.307 e. The van der Waals surface area contributed by atoms with Crippen molar-refractivity contribution < 1.29 is 0 Å². The minimum atomic E-state index is 0.582. The van der Waals surface area contributed by atoms with Gasteiger partial charge in [-0.05, 0) is 28.1 Å². The fourth-order valence-electron chi connectivity index (χ4n) is 1.14. The molecule has 0 aliphatic heterocycles. The number of halogens is 1. The van der Waals surface area contributed by atoms with E-state index in [0.717, 1.165) is 15.4 Å². The molecular formula is C8H7BrN4. The topological polar surface area (TPSA) is 63.8 Å². The summed E-state index contributed by atoms with van der Waals surface area (Å²) in [4.78, 5) is 8.26. The van der Waals surface area contributed by atoms with Crippen molar-refractivity contribution in [3.63, 3.8) is 0 Å². The van der Waals surface area contributed by atoms with Crippen LogP contribution in [-0.2, 0) is 0 Å². The first-order valence-electron chi connectivity index (χ1n) is 3.69. The number of nitrogens with zero attached hydrogens (tertiary/aromatic N) is 2. The normalized spacial score (nSPS) is 10.3. The van der Waals surface area contributed by atoms with Crippen LogP contribution in [0.1, 0.15) is 0 Å². The summed E-state index contributed by atoms with van der Waals surface area (Å²) in [5.74, 6) is 5.88. The lowest BCUT2D eigenvalue weighted by atomic mass is 10.2. The Morgan fingerprint density at radius 3 is 3.00 bits per heavy atom. The van der Waals surface area contributed by atoms with Gasteiger partial charge < -0.3 is 5.43 Å². The van der Waals surface area contributed by atoms with Crippen molar-refractivity contribution in [2.45, 2.75) is 0 Å². The number of nitrogens with two attached hydrogens (primary N) is 1. The lowest BCUT2D eigenvalue weighted by molar-refractivity contribution is 1.22. The maximum absolute atomic E-state index is 5.30. The Morgan fingerprint density at radius 1 is 1.38 bits per heavy atom. The lowest BCUT2D eigenvalue weighted by Gasteiger charge is -2.04. The zero-order chi connectivity index (χ0) is 9.26. The van der Waals surface area contributed by atoms with Crippen molar-refractivity contribution in [2.75, 3.05) is 5.43 Å². The SMILES string of the molecule is NNc1ncc(Br)c2cccnc12. The second-order valence-corrected chi connectivity index (χ2v) is 3.35. The quantitative estimate of drug-likeness (QED) is 0.587. The monoisotopic (exact) mass is 238 g/mol. The maximum Gasteiger partial charge on any atom is 0.166 e. The summed E-state index contributed by atoms with van der Waals surface area (Å²) in [6.45, 7) is 0. The summed E-state index contributed by atoms with van der Waals surface area (Å²) in [6, 6.07) is 3.82.